The number of hydrogen-bond acceptors (Lipinski definition) is 5. The van der Waals surface area contributed by atoms with Gasteiger partial charge in [0.05, 0.1) is 23.7 Å². The quantitative estimate of drug-likeness (QED) is 0.459. The maximum Gasteiger partial charge on any atom is 0.544 e. The van der Waals surface area contributed by atoms with Gasteiger partial charge in [-0.15, -0.1) is 0 Å². The molecule has 0 atom stereocenters. The predicted octanol–water partition coefficient (Wildman–Crippen LogP) is 4.60. The lowest BCUT2D eigenvalue weighted by molar-refractivity contribution is -0.116. The van der Waals surface area contributed by atoms with Crippen LogP contribution in [0.1, 0.15) is 0 Å². The second-order valence-electron chi connectivity index (χ2n) is 3.22. The van der Waals surface area contributed by atoms with Gasteiger partial charge < -0.3 is 4.89 Å². The summed E-state index contributed by atoms with van der Waals surface area (Å²) in [6.45, 7) is 0. The Hall–Kier alpha value is -0.810. The molecule has 2 rings (SSSR count). The van der Waals surface area contributed by atoms with E-state index in [1.165, 1.54) is 0 Å². The molecule has 0 amide bonds. The minimum Gasteiger partial charge on any atom is -0.327 e. The van der Waals surface area contributed by atoms with Crippen molar-refractivity contribution in [1.82, 2.24) is 0 Å². The molecule has 0 saturated carbocycles. The number of phosphoric acid groups is 1. The summed E-state index contributed by atoms with van der Waals surface area (Å²) < 4.78 is 23.8. The fraction of sp³-hybridized carbons (Fsp3) is 0. The van der Waals surface area contributed by atoms with Gasteiger partial charge in [0.1, 0.15) is 0 Å². The van der Waals surface area contributed by atoms with Crippen LogP contribution in [0.25, 0.3) is 10.8 Å². The Morgan fingerprint density at radius 3 is 2.33 bits per heavy atom. The molecule has 96 valence electrons. The van der Waals surface area contributed by atoms with E-state index in [0.29, 0.717) is 5.75 Å². The Morgan fingerprint density at radius 1 is 0.944 bits per heavy atom. The Balaban J connectivity index is 2.25. The maximum atomic E-state index is 11.4. The van der Waals surface area contributed by atoms with Crippen LogP contribution in [0.15, 0.2) is 42.5 Å². The van der Waals surface area contributed by atoms with Crippen LogP contribution in [-0.4, -0.2) is 0 Å². The van der Waals surface area contributed by atoms with Gasteiger partial charge in [-0.1, -0.05) is 41.1 Å². The van der Waals surface area contributed by atoms with E-state index in [1.54, 1.807) is 12.1 Å². The highest BCUT2D eigenvalue weighted by Crippen LogP contribution is 2.52. The number of benzene rings is 2. The predicted molar refractivity (Wildman–Crippen MR) is 67.1 cm³/mol. The third-order valence-corrected chi connectivity index (χ3v) is 3.75. The molecule has 0 aliphatic heterocycles. The molecule has 0 unspecified atom stereocenters. The van der Waals surface area contributed by atoms with E-state index in [2.05, 4.69) is 12.8 Å². The summed E-state index contributed by atoms with van der Waals surface area (Å²) in [6, 6.07) is 12.6. The molecule has 2 aromatic rings. The van der Waals surface area contributed by atoms with Crippen LogP contribution in [0.2, 0.25) is 0 Å². The van der Waals surface area contributed by atoms with Crippen molar-refractivity contribution in [1.29, 1.82) is 0 Å². The molecule has 0 N–H and O–H groups in total. The van der Waals surface area contributed by atoms with Gasteiger partial charge in [-0.2, -0.15) is 8.15 Å². The average Bonchev–Trinajstić information content (AvgIpc) is 2.44. The van der Waals surface area contributed by atoms with Crippen LogP contribution in [0.5, 0.6) is 5.75 Å². The minimum absolute atomic E-state index is 0.329. The van der Waals surface area contributed by atoms with Crippen LogP contribution >= 0.6 is 31.6 Å². The van der Waals surface area contributed by atoms with Crippen LogP contribution in [0.4, 0.5) is 0 Å². The van der Waals surface area contributed by atoms with Gasteiger partial charge in [0, 0.05) is 5.39 Å². The topological polar surface area (TPSA) is 54.0 Å². The summed E-state index contributed by atoms with van der Waals surface area (Å²) in [5.74, 6) is 0.329. The van der Waals surface area contributed by atoms with Gasteiger partial charge >= 0.3 is 7.82 Å². The SMILES string of the molecule is O=P(OCl)(OCl)OOc1cccc2ccccc12. The summed E-state index contributed by atoms with van der Waals surface area (Å²) in [5, 5.41) is 1.68. The molecule has 0 spiro atoms. The third kappa shape index (κ3) is 2.95. The van der Waals surface area contributed by atoms with Crippen molar-refractivity contribution >= 4 is 42.3 Å². The van der Waals surface area contributed by atoms with E-state index in [4.69, 9.17) is 28.6 Å². The Morgan fingerprint density at radius 2 is 1.61 bits per heavy atom. The minimum atomic E-state index is -4.12. The first kappa shape index (κ1) is 13.6. The first-order valence-corrected chi connectivity index (χ1v) is 6.81. The van der Waals surface area contributed by atoms with Crippen LogP contribution in [-0.2, 0) is 17.4 Å². The molecule has 8 heteroatoms. The molecule has 0 aromatic heterocycles. The normalized spacial score (nSPS) is 11.7. The lowest BCUT2D eigenvalue weighted by Crippen LogP contribution is -1.96. The lowest BCUT2D eigenvalue weighted by Gasteiger charge is -2.10. The summed E-state index contributed by atoms with van der Waals surface area (Å²) in [7, 11) is -4.12. The molecule has 2 aromatic carbocycles. The van der Waals surface area contributed by atoms with Gasteiger partial charge in [-0.3, -0.25) is 0 Å². The Bertz CT molecular complexity index is 578. The highest BCUT2D eigenvalue weighted by atomic mass is 35.5. The fourth-order valence-electron chi connectivity index (χ4n) is 1.39. The van der Waals surface area contributed by atoms with Crippen LogP contribution in [0, 0.1) is 0 Å². The standard InChI is InChI=1S/C10H7Cl2O5P/c11-15-18(13,16-12)17-14-10-7-3-5-8-4-1-2-6-9(8)10/h1-7H. The number of rotatable bonds is 5. The van der Waals surface area contributed by atoms with Crippen molar-refractivity contribution in [2.24, 2.45) is 0 Å². The smallest absolute Gasteiger partial charge is 0.327 e. The molecule has 0 aliphatic rings. The Kier molecular flexibility index (Phi) is 4.45. The maximum absolute atomic E-state index is 11.4. The van der Waals surface area contributed by atoms with Crippen molar-refractivity contribution in [3.8, 4) is 5.75 Å². The number of hydrogen-bond donors (Lipinski definition) is 0. The van der Waals surface area contributed by atoms with E-state index in [9.17, 15) is 4.57 Å². The molecule has 0 radical (unpaired) electrons. The lowest BCUT2D eigenvalue weighted by atomic mass is 10.1. The zero-order valence-corrected chi connectivity index (χ0v) is 11.2. The van der Waals surface area contributed by atoms with Gasteiger partial charge in [0.25, 0.3) is 0 Å². The molecule has 18 heavy (non-hydrogen) atoms. The van der Waals surface area contributed by atoms with Crippen molar-refractivity contribution in [2.45, 2.75) is 0 Å². The average molecular weight is 309 g/mol. The van der Waals surface area contributed by atoms with E-state index >= 15 is 0 Å². The van der Waals surface area contributed by atoms with E-state index < -0.39 is 7.82 Å². The highest BCUT2D eigenvalue weighted by molar-refractivity contribution is 7.50. The first-order valence-electron chi connectivity index (χ1n) is 4.73. The number of fused-ring (bicyclic) bond motifs is 1. The van der Waals surface area contributed by atoms with Gasteiger partial charge in [-0.25, -0.2) is 4.57 Å². The second-order valence-corrected chi connectivity index (χ2v) is 5.37. The monoisotopic (exact) mass is 308 g/mol. The molecular formula is C10H7Cl2O5P. The Labute approximate surface area is 113 Å². The largest absolute Gasteiger partial charge is 0.544 e. The summed E-state index contributed by atoms with van der Waals surface area (Å²) >= 11 is 9.83. The highest BCUT2D eigenvalue weighted by Gasteiger charge is 2.29. The molecule has 0 aliphatic carbocycles. The first-order chi connectivity index (χ1) is 8.68. The summed E-state index contributed by atoms with van der Waals surface area (Å²) in [6.07, 6.45) is 0. The summed E-state index contributed by atoms with van der Waals surface area (Å²) in [5.41, 5.74) is 0. The van der Waals surface area contributed by atoms with Gasteiger partial charge in [0.2, 0.25) is 0 Å². The third-order valence-electron chi connectivity index (χ3n) is 2.14. The van der Waals surface area contributed by atoms with E-state index in [0.717, 1.165) is 10.8 Å². The molecule has 0 heterocycles. The molecule has 0 fully saturated rings. The van der Waals surface area contributed by atoms with Crippen LogP contribution in [0.3, 0.4) is 0 Å². The summed E-state index contributed by atoms with van der Waals surface area (Å²) in [4.78, 5) is 4.88. The zero-order valence-electron chi connectivity index (χ0n) is 8.79. The van der Waals surface area contributed by atoms with Gasteiger partial charge in [-0.05, 0) is 11.5 Å². The zero-order chi connectivity index (χ0) is 13.0. The second kappa shape index (κ2) is 5.89. The molecule has 5 nitrogen and oxygen atoms in total. The fourth-order valence-corrected chi connectivity index (χ4v) is 2.02. The van der Waals surface area contributed by atoms with Crippen molar-refractivity contribution in [3.05, 3.63) is 42.5 Å². The van der Waals surface area contributed by atoms with Crippen molar-refractivity contribution in [3.63, 3.8) is 0 Å². The van der Waals surface area contributed by atoms with Crippen molar-refractivity contribution < 1.29 is 22.3 Å². The molecular weight excluding hydrogens is 302 g/mol. The van der Waals surface area contributed by atoms with Gasteiger partial charge in [0.15, 0.2) is 5.75 Å². The number of halogens is 2. The molecule has 0 bridgehead atoms. The van der Waals surface area contributed by atoms with E-state index in [-0.39, 0.29) is 0 Å². The van der Waals surface area contributed by atoms with E-state index in [1.807, 2.05) is 30.3 Å². The van der Waals surface area contributed by atoms with Crippen LogP contribution < -0.4 is 4.89 Å². The molecule has 0 saturated heterocycles. The van der Waals surface area contributed by atoms with Crippen molar-refractivity contribution in [2.75, 3.05) is 0 Å².